The fourth-order valence-electron chi connectivity index (χ4n) is 2.67. The number of aromatic amines is 1. The van der Waals surface area contributed by atoms with Gasteiger partial charge < -0.3 is 10.3 Å². The number of rotatable bonds is 4. The first-order valence-electron chi connectivity index (χ1n) is 8.10. The molecule has 0 saturated carbocycles. The minimum Gasteiger partial charge on any atom is -0.322 e. The van der Waals surface area contributed by atoms with Crippen LogP contribution in [-0.2, 0) is 6.54 Å². The van der Waals surface area contributed by atoms with E-state index in [0.717, 1.165) is 4.57 Å². The van der Waals surface area contributed by atoms with Gasteiger partial charge in [0.1, 0.15) is 0 Å². The molecule has 0 fully saturated rings. The molecule has 132 valence electrons. The van der Waals surface area contributed by atoms with Crippen LogP contribution < -0.4 is 16.6 Å². The molecule has 0 radical (unpaired) electrons. The third-order valence-electron chi connectivity index (χ3n) is 4.11. The molecular weight excluding hydrogens is 334 g/mol. The average molecular weight is 351 g/mol. The highest BCUT2D eigenvalue weighted by Crippen LogP contribution is 2.14. The molecule has 1 aromatic heterocycles. The summed E-state index contributed by atoms with van der Waals surface area (Å²) < 4.78 is 1.10. The Morgan fingerprint density at radius 3 is 2.31 bits per heavy atom. The lowest BCUT2D eigenvalue weighted by Gasteiger charge is -2.08. The van der Waals surface area contributed by atoms with E-state index in [4.69, 9.17) is 0 Å². The van der Waals surface area contributed by atoms with Crippen LogP contribution in [0.15, 0.2) is 52.1 Å². The van der Waals surface area contributed by atoms with Gasteiger partial charge in [0.25, 0.3) is 11.5 Å². The van der Waals surface area contributed by atoms with Crippen LogP contribution in [0.4, 0.5) is 5.69 Å². The molecular formula is C19H17N3O4. The highest BCUT2D eigenvalue weighted by Gasteiger charge is 2.11. The van der Waals surface area contributed by atoms with E-state index in [1.807, 2.05) is 0 Å². The van der Waals surface area contributed by atoms with Crippen molar-refractivity contribution in [2.24, 2.45) is 0 Å². The SMILES string of the molecule is CCn1c(=O)[nH]c2cc(C(=O)Nc3ccc(C(C)=O)cc3)ccc2c1=O. The number of amides is 1. The molecule has 0 aliphatic carbocycles. The summed E-state index contributed by atoms with van der Waals surface area (Å²) in [4.78, 5) is 50.5. The van der Waals surface area contributed by atoms with Crippen LogP contribution in [0.3, 0.4) is 0 Å². The van der Waals surface area contributed by atoms with E-state index in [9.17, 15) is 19.2 Å². The molecule has 0 aliphatic heterocycles. The monoisotopic (exact) mass is 351 g/mol. The van der Waals surface area contributed by atoms with Gasteiger partial charge in [-0.1, -0.05) is 0 Å². The Bertz CT molecular complexity index is 1120. The van der Waals surface area contributed by atoms with Crippen molar-refractivity contribution in [2.45, 2.75) is 20.4 Å². The van der Waals surface area contributed by atoms with Crippen LogP contribution in [-0.4, -0.2) is 21.2 Å². The normalized spacial score (nSPS) is 10.7. The second-order valence-electron chi connectivity index (χ2n) is 5.83. The molecule has 3 aromatic rings. The smallest absolute Gasteiger partial charge is 0.322 e. The van der Waals surface area contributed by atoms with E-state index in [1.165, 1.54) is 25.1 Å². The van der Waals surface area contributed by atoms with Gasteiger partial charge in [0, 0.05) is 23.4 Å². The molecule has 0 saturated heterocycles. The van der Waals surface area contributed by atoms with Crippen molar-refractivity contribution in [1.29, 1.82) is 0 Å². The highest BCUT2D eigenvalue weighted by atomic mass is 16.2. The van der Waals surface area contributed by atoms with Gasteiger partial charge in [-0.25, -0.2) is 4.79 Å². The topological polar surface area (TPSA) is 101 Å². The van der Waals surface area contributed by atoms with Crippen LogP contribution in [0, 0.1) is 0 Å². The molecule has 7 heteroatoms. The van der Waals surface area contributed by atoms with E-state index < -0.39 is 11.2 Å². The first kappa shape index (κ1) is 17.3. The number of nitrogens with zero attached hydrogens (tertiary/aromatic N) is 1. The summed E-state index contributed by atoms with van der Waals surface area (Å²) in [5.41, 5.74) is 0.801. The van der Waals surface area contributed by atoms with Crippen molar-refractivity contribution in [2.75, 3.05) is 5.32 Å². The van der Waals surface area contributed by atoms with E-state index in [0.29, 0.717) is 27.7 Å². The molecule has 1 amide bonds. The second-order valence-corrected chi connectivity index (χ2v) is 5.83. The number of carbonyl (C=O) groups excluding carboxylic acids is 2. The van der Waals surface area contributed by atoms with Gasteiger partial charge in [-0.2, -0.15) is 0 Å². The molecule has 0 unspecified atom stereocenters. The van der Waals surface area contributed by atoms with Gasteiger partial charge in [0.05, 0.1) is 10.9 Å². The van der Waals surface area contributed by atoms with E-state index >= 15 is 0 Å². The first-order valence-corrected chi connectivity index (χ1v) is 8.10. The summed E-state index contributed by atoms with van der Waals surface area (Å²) >= 11 is 0. The van der Waals surface area contributed by atoms with Gasteiger partial charge >= 0.3 is 5.69 Å². The van der Waals surface area contributed by atoms with E-state index in [-0.39, 0.29) is 18.2 Å². The Morgan fingerprint density at radius 2 is 1.69 bits per heavy atom. The van der Waals surface area contributed by atoms with Gasteiger partial charge in [-0.15, -0.1) is 0 Å². The number of benzene rings is 2. The lowest BCUT2D eigenvalue weighted by atomic mass is 10.1. The zero-order valence-electron chi connectivity index (χ0n) is 14.3. The van der Waals surface area contributed by atoms with Gasteiger partial charge in [-0.05, 0) is 56.3 Å². The Balaban J connectivity index is 1.92. The predicted molar refractivity (Wildman–Crippen MR) is 98.9 cm³/mol. The standard InChI is InChI=1S/C19H17N3O4/c1-3-22-18(25)15-9-6-13(10-16(15)21-19(22)26)17(24)20-14-7-4-12(5-8-14)11(2)23/h4-10H,3H2,1-2H3,(H,20,24)(H,21,26). The third kappa shape index (κ3) is 3.19. The van der Waals surface area contributed by atoms with Gasteiger partial charge in [0.15, 0.2) is 5.78 Å². The Morgan fingerprint density at radius 1 is 1.04 bits per heavy atom. The first-order chi connectivity index (χ1) is 12.4. The number of aromatic nitrogens is 2. The molecule has 3 rings (SSSR count). The van der Waals surface area contributed by atoms with Crippen molar-refractivity contribution in [1.82, 2.24) is 9.55 Å². The molecule has 1 heterocycles. The van der Waals surface area contributed by atoms with Crippen LogP contribution >= 0.6 is 0 Å². The van der Waals surface area contributed by atoms with Crippen molar-refractivity contribution in [3.8, 4) is 0 Å². The molecule has 2 N–H and O–H groups in total. The van der Waals surface area contributed by atoms with Crippen LogP contribution in [0.25, 0.3) is 10.9 Å². The largest absolute Gasteiger partial charge is 0.328 e. The fraction of sp³-hybridized carbons (Fsp3) is 0.158. The number of anilines is 1. The van der Waals surface area contributed by atoms with Crippen molar-refractivity contribution in [3.05, 3.63) is 74.4 Å². The van der Waals surface area contributed by atoms with Crippen molar-refractivity contribution < 1.29 is 9.59 Å². The van der Waals surface area contributed by atoms with E-state index in [1.54, 1.807) is 31.2 Å². The summed E-state index contributed by atoms with van der Waals surface area (Å²) in [6.07, 6.45) is 0. The third-order valence-corrected chi connectivity index (χ3v) is 4.11. The summed E-state index contributed by atoms with van der Waals surface area (Å²) in [5, 5.41) is 3.06. The fourth-order valence-corrected chi connectivity index (χ4v) is 2.67. The van der Waals surface area contributed by atoms with E-state index in [2.05, 4.69) is 10.3 Å². The Kier molecular flexibility index (Phi) is 4.53. The second kappa shape index (κ2) is 6.79. The predicted octanol–water partition coefficient (Wildman–Crippen LogP) is 2.16. The average Bonchev–Trinajstić information content (AvgIpc) is 2.62. The van der Waals surface area contributed by atoms with Crippen molar-refractivity contribution >= 4 is 28.3 Å². The zero-order valence-corrected chi connectivity index (χ0v) is 14.3. The lowest BCUT2D eigenvalue weighted by Crippen LogP contribution is -2.34. The number of carbonyl (C=O) groups is 2. The number of ketones is 1. The quantitative estimate of drug-likeness (QED) is 0.703. The Labute approximate surface area is 148 Å². The molecule has 26 heavy (non-hydrogen) atoms. The maximum Gasteiger partial charge on any atom is 0.328 e. The molecule has 0 atom stereocenters. The maximum absolute atomic E-state index is 12.4. The molecule has 2 aromatic carbocycles. The molecule has 0 bridgehead atoms. The van der Waals surface area contributed by atoms with Crippen LogP contribution in [0.1, 0.15) is 34.6 Å². The molecule has 0 aliphatic rings. The van der Waals surface area contributed by atoms with Gasteiger partial charge in [-0.3, -0.25) is 19.0 Å². The number of fused-ring (bicyclic) bond motifs is 1. The summed E-state index contributed by atoms with van der Waals surface area (Å²) in [6, 6.07) is 11.0. The minimum atomic E-state index is -0.512. The highest BCUT2D eigenvalue weighted by molar-refractivity contribution is 6.06. The molecule has 7 nitrogen and oxygen atoms in total. The number of Topliss-reactive ketones (excluding diaryl/α,β-unsaturated/α-hetero) is 1. The maximum atomic E-state index is 12.4. The van der Waals surface area contributed by atoms with Crippen LogP contribution in [0.2, 0.25) is 0 Å². The lowest BCUT2D eigenvalue weighted by molar-refractivity contribution is 0.101. The molecule has 0 spiro atoms. The number of hydrogen-bond acceptors (Lipinski definition) is 4. The summed E-state index contributed by atoms with van der Waals surface area (Å²) in [6.45, 7) is 3.44. The number of hydrogen-bond donors (Lipinski definition) is 2. The zero-order chi connectivity index (χ0) is 18.8. The summed E-state index contributed by atoms with van der Waals surface area (Å²) in [5.74, 6) is -0.443. The van der Waals surface area contributed by atoms with Crippen LogP contribution in [0.5, 0.6) is 0 Å². The number of nitrogens with one attached hydrogen (secondary N) is 2. The minimum absolute atomic E-state index is 0.0564. The summed E-state index contributed by atoms with van der Waals surface area (Å²) in [7, 11) is 0. The van der Waals surface area contributed by atoms with Gasteiger partial charge in [0.2, 0.25) is 0 Å². The van der Waals surface area contributed by atoms with Crippen molar-refractivity contribution in [3.63, 3.8) is 0 Å². The number of H-pyrrole nitrogens is 1. The Hall–Kier alpha value is -3.48.